The van der Waals surface area contributed by atoms with Crippen molar-refractivity contribution >= 4 is 5.69 Å². The molecule has 1 saturated heterocycles. The minimum atomic E-state index is 0.551. The Morgan fingerprint density at radius 2 is 1.57 bits per heavy atom. The van der Waals surface area contributed by atoms with E-state index in [9.17, 15) is 0 Å². The van der Waals surface area contributed by atoms with Crippen LogP contribution >= 0.6 is 0 Å². The molecule has 4 saturated carbocycles. The minimum absolute atomic E-state index is 0.551. The number of nitrogens with zero attached hydrogens (tertiary/aromatic N) is 1. The van der Waals surface area contributed by atoms with Gasteiger partial charge in [-0.3, -0.25) is 0 Å². The second kappa shape index (κ2) is 5.26. The van der Waals surface area contributed by atoms with Gasteiger partial charge in [0, 0.05) is 18.8 Å². The fourth-order valence-electron chi connectivity index (χ4n) is 6.91. The average Bonchev–Trinajstić information content (AvgIpc) is 3.07. The summed E-state index contributed by atoms with van der Waals surface area (Å²) in [6, 6.07) is 7.63. The van der Waals surface area contributed by atoms with Crippen molar-refractivity contribution in [3.8, 4) is 0 Å². The molecular weight excluding hydrogens is 278 g/mol. The first kappa shape index (κ1) is 14.4. The molecule has 4 bridgehead atoms. The number of anilines is 1. The Labute approximate surface area is 141 Å². The van der Waals surface area contributed by atoms with Crippen molar-refractivity contribution in [3.63, 3.8) is 0 Å². The molecule has 0 radical (unpaired) electrons. The van der Waals surface area contributed by atoms with E-state index in [0.29, 0.717) is 5.41 Å². The fourth-order valence-corrected chi connectivity index (χ4v) is 6.91. The van der Waals surface area contributed by atoms with Crippen molar-refractivity contribution in [2.24, 2.45) is 17.8 Å². The Balaban J connectivity index is 1.54. The lowest BCUT2D eigenvalue weighted by Gasteiger charge is -2.57. The average molecular weight is 309 g/mol. The van der Waals surface area contributed by atoms with E-state index < -0.39 is 0 Å². The van der Waals surface area contributed by atoms with Gasteiger partial charge in [-0.1, -0.05) is 19.1 Å². The van der Waals surface area contributed by atoms with Crippen LogP contribution in [-0.2, 0) is 11.8 Å². The van der Waals surface area contributed by atoms with Gasteiger partial charge in [0.25, 0.3) is 0 Å². The van der Waals surface area contributed by atoms with Crippen molar-refractivity contribution in [2.45, 2.75) is 70.1 Å². The van der Waals surface area contributed by atoms with E-state index in [4.69, 9.17) is 0 Å². The summed E-state index contributed by atoms with van der Waals surface area (Å²) in [6.45, 7) is 4.87. The van der Waals surface area contributed by atoms with Crippen molar-refractivity contribution in [2.75, 3.05) is 18.0 Å². The molecule has 124 valence electrons. The molecule has 1 aliphatic heterocycles. The third-order valence-electron chi connectivity index (χ3n) is 7.56. The molecular formula is C22H31N. The molecule has 1 heteroatoms. The largest absolute Gasteiger partial charge is 0.371 e. The zero-order valence-corrected chi connectivity index (χ0v) is 14.7. The van der Waals surface area contributed by atoms with Crippen LogP contribution in [0.1, 0.15) is 69.4 Å². The Morgan fingerprint density at radius 1 is 0.957 bits per heavy atom. The Bertz CT molecular complexity index is 561. The van der Waals surface area contributed by atoms with E-state index in [2.05, 4.69) is 30.0 Å². The smallest absolute Gasteiger partial charge is 0.0401 e. The van der Waals surface area contributed by atoms with Crippen LogP contribution in [0.4, 0.5) is 5.69 Å². The Morgan fingerprint density at radius 3 is 2.13 bits per heavy atom. The van der Waals surface area contributed by atoms with Gasteiger partial charge in [0.1, 0.15) is 0 Å². The second-order valence-corrected chi connectivity index (χ2v) is 9.09. The summed E-state index contributed by atoms with van der Waals surface area (Å²) < 4.78 is 0. The van der Waals surface area contributed by atoms with E-state index >= 15 is 0 Å². The first-order valence-corrected chi connectivity index (χ1v) is 10.1. The number of benzene rings is 1. The van der Waals surface area contributed by atoms with Gasteiger partial charge >= 0.3 is 0 Å². The second-order valence-electron chi connectivity index (χ2n) is 9.09. The van der Waals surface area contributed by atoms with E-state index in [1.54, 1.807) is 36.1 Å². The van der Waals surface area contributed by atoms with Crippen LogP contribution in [-0.4, -0.2) is 13.1 Å². The normalized spacial score (nSPS) is 38.5. The number of aryl methyl sites for hydroxylation is 1. The molecule has 5 aliphatic rings. The summed E-state index contributed by atoms with van der Waals surface area (Å²) in [7, 11) is 0. The molecule has 1 aromatic carbocycles. The highest BCUT2D eigenvalue weighted by molar-refractivity contribution is 5.57. The van der Waals surface area contributed by atoms with Crippen molar-refractivity contribution in [3.05, 3.63) is 29.3 Å². The number of hydrogen-bond donors (Lipinski definition) is 0. The quantitative estimate of drug-likeness (QED) is 0.730. The predicted molar refractivity (Wildman–Crippen MR) is 97.1 cm³/mol. The predicted octanol–water partition coefficient (Wildman–Crippen LogP) is 5.32. The van der Waals surface area contributed by atoms with Gasteiger partial charge in [0.15, 0.2) is 0 Å². The summed E-state index contributed by atoms with van der Waals surface area (Å²) in [4.78, 5) is 2.67. The zero-order chi connectivity index (χ0) is 15.4. The van der Waals surface area contributed by atoms with E-state index in [1.165, 1.54) is 51.6 Å². The number of rotatable bonds is 3. The lowest BCUT2D eigenvalue weighted by atomic mass is 9.48. The van der Waals surface area contributed by atoms with E-state index in [1.807, 2.05) is 0 Å². The van der Waals surface area contributed by atoms with Crippen LogP contribution in [0.5, 0.6) is 0 Å². The summed E-state index contributed by atoms with van der Waals surface area (Å²) in [6.07, 6.45) is 13.0. The molecule has 1 nitrogen and oxygen atoms in total. The SMILES string of the molecule is CCc1ccc(C23CC4CC(CC(C4)C2)C3)cc1N1CCCC1. The standard InChI is InChI=1S/C22H31N/c1-2-19-5-6-20(12-21(19)23-7-3-4-8-23)22-13-16-9-17(14-22)11-18(10-16)15-22/h5-6,12,16-18H,2-4,7-11,13-15H2,1H3. The van der Waals surface area contributed by atoms with Gasteiger partial charge in [0.2, 0.25) is 0 Å². The summed E-state index contributed by atoms with van der Waals surface area (Å²) in [5.74, 6) is 3.13. The molecule has 6 rings (SSSR count). The lowest BCUT2D eigenvalue weighted by molar-refractivity contribution is -0.00517. The summed E-state index contributed by atoms with van der Waals surface area (Å²) in [5.41, 5.74) is 5.41. The Hall–Kier alpha value is -0.980. The molecule has 0 N–H and O–H groups in total. The van der Waals surface area contributed by atoms with Crippen LogP contribution < -0.4 is 4.90 Å². The molecule has 0 amide bonds. The molecule has 0 unspecified atom stereocenters. The number of hydrogen-bond acceptors (Lipinski definition) is 1. The van der Waals surface area contributed by atoms with Gasteiger partial charge < -0.3 is 4.90 Å². The first-order valence-electron chi connectivity index (χ1n) is 10.1. The van der Waals surface area contributed by atoms with Crippen molar-refractivity contribution < 1.29 is 0 Å². The first-order chi connectivity index (χ1) is 11.3. The van der Waals surface area contributed by atoms with Gasteiger partial charge in [0.05, 0.1) is 0 Å². The lowest BCUT2D eigenvalue weighted by Crippen LogP contribution is -2.48. The molecule has 0 atom stereocenters. The van der Waals surface area contributed by atoms with E-state index in [-0.39, 0.29) is 0 Å². The van der Waals surface area contributed by atoms with Crippen LogP contribution in [0.3, 0.4) is 0 Å². The maximum atomic E-state index is 2.67. The maximum absolute atomic E-state index is 2.67. The molecule has 4 aliphatic carbocycles. The third-order valence-corrected chi connectivity index (χ3v) is 7.56. The van der Waals surface area contributed by atoms with Crippen LogP contribution in [0.25, 0.3) is 0 Å². The zero-order valence-electron chi connectivity index (χ0n) is 14.7. The van der Waals surface area contributed by atoms with Crippen LogP contribution in [0.2, 0.25) is 0 Å². The minimum Gasteiger partial charge on any atom is -0.371 e. The van der Waals surface area contributed by atoms with Gasteiger partial charge in [-0.05, 0) is 98.1 Å². The van der Waals surface area contributed by atoms with E-state index in [0.717, 1.165) is 17.8 Å². The molecule has 5 fully saturated rings. The van der Waals surface area contributed by atoms with Crippen LogP contribution in [0.15, 0.2) is 18.2 Å². The fraction of sp³-hybridized carbons (Fsp3) is 0.727. The highest BCUT2D eigenvalue weighted by Gasteiger charge is 2.51. The Kier molecular flexibility index (Phi) is 3.29. The van der Waals surface area contributed by atoms with Crippen LogP contribution in [0, 0.1) is 17.8 Å². The van der Waals surface area contributed by atoms with Crippen molar-refractivity contribution in [1.29, 1.82) is 0 Å². The third kappa shape index (κ3) is 2.26. The molecule has 0 spiro atoms. The molecule has 1 heterocycles. The van der Waals surface area contributed by atoms with Gasteiger partial charge in [-0.25, -0.2) is 0 Å². The topological polar surface area (TPSA) is 3.24 Å². The monoisotopic (exact) mass is 309 g/mol. The molecule has 1 aromatic rings. The van der Waals surface area contributed by atoms with Crippen molar-refractivity contribution in [1.82, 2.24) is 0 Å². The molecule has 0 aromatic heterocycles. The van der Waals surface area contributed by atoms with Gasteiger partial charge in [-0.2, -0.15) is 0 Å². The highest BCUT2D eigenvalue weighted by atomic mass is 15.1. The molecule has 23 heavy (non-hydrogen) atoms. The maximum Gasteiger partial charge on any atom is 0.0401 e. The van der Waals surface area contributed by atoms with Gasteiger partial charge in [-0.15, -0.1) is 0 Å². The summed E-state index contributed by atoms with van der Waals surface area (Å²) in [5, 5.41) is 0. The highest BCUT2D eigenvalue weighted by Crippen LogP contribution is 2.61. The summed E-state index contributed by atoms with van der Waals surface area (Å²) >= 11 is 0.